The van der Waals surface area contributed by atoms with Crippen molar-refractivity contribution in [1.29, 1.82) is 0 Å². The van der Waals surface area contributed by atoms with Gasteiger partial charge in [-0.15, -0.1) is 0 Å². The summed E-state index contributed by atoms with van der Waals surface area (Å²) >= 11 is 5.96. The summed E-state index contributed by atoms with van der Waals surface area (Å²) in [4.78, 5) is 11.6. The average Bonchev–Trinajstić information content (AvgIpc) is 2.20. The van der Waals surface area contributed by atoms with Gasteiger partial charge in [0.15, 0.2) is 0 Å². The van der Waals surface area contributed by atoms with Crippen LogP contribution in [-0.2, 0) is 9.53 Å². The maximum Gasteiger partial charge on any atom is 0.250 e. The van der Waals surface area contributed by atoms with Crippen LogP contribution in [0.3, 0.4) is 0 Å². The standard InChI is InChI=1S/C13H18ClNO2/c1-9-5-6-10(7-11(9)14)15-12(16)8-17-13(2,3)4/h5-7H,8H2,1-4H3,(H,15,16). The van der Waals surface area contributed by atoms with E-state index in [1.807, 2.05) is 39.8 Å². The highest BCUT2D eigenvalue weighted by molar-refractivity contribution is 6.31. The molecule has 17 heavy (non-hydrogen) atoms. The van der Waals surface area contributed by atoms with Gasteiger partial charge in [0.05, 0.1) is 5.60 Å². The van der Waals surface area contributed by atoms with Crippen molar-refractivity contribution in [2.45, 2.75) is 33.3 Å². The zero-order valence-electron chi connectivity index (χ0n) is 10.6. The van der Waals surface area contributed by atoms with Crippen LogP contribution in [0.1, 0.15) is 26.3 Å². The molecule has 4 heteroatoms. The van der Waals surface area contributed by atoms with E-state index < -0.39 is 0 Å². The predicted molar refractivity (Wildman–Crippen MR) is 70.5 cm³/mol. The number of hydrogen-bond acceptors (Lipinski definition) is 2. The minimum absolute atomic E-state index is 0.0367. The van der Waals surface area contributed by atoms with E-state index in [0.29, 0.717) is 10.7 Å². The molecule has 94 valence electrons. The Morgan fingerprint density at radius 3 is 2.59 bits per heavy atom. The Morgan fingerprint density at radius 2 is 2.06 bits per heavy atom. The zero-order chi connectivity index (χ0) is 13.1. The number of amides is 1. The molecule has 3 nitrogen and oxygen atoms in total. The molecule has 0 atom stereocenters. The smallest absolute Gasteiger partial charge is 0.250 e. The summed E-state index contributed by atoms with van der Waals surface area (Å²) in [5.41, 5.74) is 1.35. The van der Waals surface area contributed by atoms with Crippen LogP contribution >= 0.6 is 11.6 Å². The topological polar surface area (TPSA) is 38.3 Å². The lowest BCUT2D eigenvalue weighted by atomic mass is 10.2. The first kappa shape index (κ1) is 14.0. The first-order valence-electron chi connectivity index (χ1n) is 5.48. The van der Waals surface area contributed by atoms with Gasteiger partial charge in [-0.25, -0.2) is 0 Å². The number of hydrogen-bond donors (Lipinski definition) is 1. The third-order valence-electron chi connectivity index (χ3n) is 2.09. The van der Waals surface area contributed by atoms with Crippen molar-refractivity contribution in [3.63, 3.8) is 0 Å². The van der Waals surface area contributed by atoms with E-state index in [0.717, 1.165) is 5.56 Å². The predicted octanol–water partition coefficient (Wildman–Crippen LogP) is 3.40. The summed E-state index contributed by atoms with van der Waals surface area (Å²) in [5, 5.41) is 3.37. The van der Waals surface area contributed by atoms with Crippen LogP contribution in [0, 0.1) is 6.92 Å². The maximum absolute atomic E-state index is 11.6. The molecule has 0 fully saturated rings. The van der Waals surface area contributed by atoms with Crippen LogP contribution in [-0.4, -0.2) is 18.1 Å². The van der Waals surface area contributed by atoms with Crippen LogP contribution in [0.15, 0.2) is 18.2 Å². The molecule has 1 aromatic carbocycles. The molecule has 0 aromatic heterocycles. The molecule has 0 aliphatic rings. The van der Waals surface area contributed by atoms with Gasteiger partial charge in [0.25, 0.3) is 0 Å². The van der Waals surface area contributed by atoms with Gasteiger partial charge in [0.1, 0.15) is 6.61 Å². The molecule has 0 saturated heterocycles. The first-order valence-corrected chi connectivity index (χ1v) is 5.86. The molecule has 0 spiro atoms. The van der Waals surface area contributed by atoms with E-state index in [-0.39, 0.29) is 18.1 Å². The van der Waals surface area contributed by atoms with Gasteiger partial charge in [0, 0.05) is 10.7 Å². The summed E-state index contributed by atoms with van der Waals surface area (Å²) in [6.07, 6.45) is 0. The molecule has 1 aromatic rings. The summed E-state index contributed by atoms with van der Waals surface area (Å²) < 4.78 is 5.37. The van der Waals surface area contributed by atoms with E-state index in [1.165, 1.54) is 0 Å². The lowest BCUT2D eigenvalue weighted by Gasteiger charge is -2.19. The van der Waals surface area contributed by atoms with Gasteiger partial charge in [-0.2, -0.15) is 0 Å². The number of nitrogens with one attached hydrogen (secondary N) is 1. The number of carbonyl (C=O) groups excluding carboxylic acids is 1. The Hall–Kier alpha value is -1.06. The molecular formula is C13H18ClNO2. The van der Waals surface area contributed by atoms with E-state index >= 15 is 0 Å². The maximum atomic E-state index is 11.6. The molecule has 0 saturated carbocycles. The van der Waals surface area contributed by atoms with Crippen molar-refractivity contribution in [2.24, 2.45) is 0 Å². The second-order valence-corrected chi connectivity index (χ2v) is 5.32. The number of rotatable bonds is 3. The summed E-state index contributed by atoms with van der Waals surface area (Å²) in [7, 11) is 0. The number of anilines is 1. The van der Waals surface area contributed by atoms with Gasteiger partial charge in [0.2, 0.25) is 5.91 Å². The molecule has 1 N–H and O–H groups in total. The number of aryl methyl sites for hydroxylation is 1. The average molecular weight is 256 g/mol. The second kappa shape index (κ2) is 5.52. The first-order chi connectivity index (χ1) is 7.78. The number of ether oxygens (including phenoxy) is 1. The molecule has 0 heterocycles. The Kier molecular flexibility index (Phi) is 4.54. The van der Waals surface area contributed by atoms with Crippen molar-refractivity contribution in [1.82, 2.24) is 0 Å². The molecule has 0 unspecified atom stereocenters. The molecule has 0 aliphatic carbocycles. The van der Waals surface area contributed by atoms with E-state index in [2.05, 4.69) is 5.32 Å². The highest BCUT2D eigenvalue weighted by Crippen LogP contribution is 2.19. The molecular weight excluding hydrogens is 238 g/mol. The molecule has 0 bridgehead atoms. The van der Waals surface area contributed by atoms with E-state index in [4.69, 9.17) is 16.3 Å². The third-order valence-corrected chi connectivity index (χ3v) is 2.50. The van der Waals surface area contributed by atoms with E-state index in [9.17, 15) is 4.79 Å². The minimum atomic E-state index is -0.317. The van der Waals surface area contributed by atoms with Gasteiger partial charge >= 0.3 is 0 Å². The van der Waals surface area contributed by atoms with Crippen LogP contribution in [0.25, 0.3) is 0 Å². The van der Waals surface area contributed by atoms with Crippen molar-refractivity contribution < 1.29 is 9.53 Å². The lowest BCUT2D eigenvalue weighted by Crippen LogP contribution is -2.27. The normalized spacial score (nSPS) is 11.4. The fourth-order valence-electron chi connectivity index (χ4n) is 1.15. The SMILES string of the molecule is Cc1ccc(NC(=O)COC(C)(C)C)cc1Cl. The van der Waals surface area contributed by atoms with Crippen LogP contribution in [0.4, 0.5) is 5.69 Å². The fourth-order valence-corrected chi connectivity index (χ4v) is 1.33. The molecule has 0 radical (unpaired) electrons. The molecule has 0 aliphatic heterocycles. The molecule has 1 amide bonds. The van der Waals surface area contributed by atoms with Gasteiger partial charge in [-0.05, 0) is 45.4 Å². The van der Waals surface area contributed by atoms with Crippen LogP contribution < -0.4 is 5.32 Å². The monoisotopic (exact) mass is 255 g/mol. The largest absolute Gasteiger partial charge is 0.366 e. The number of halogens is 1. The number of carbonyl (C=O) groups is 1. The fraction of sp³-hybridized carbons (Fsp3) is 0.462. The lowest BCUT2D eigenvalue weighted by molar-refractivity contribution is -0.125. The van der Waals surface area contributed by atoms with Crippen LogP contribution in [0.2, 0.25) is 5.02 Å². The highest BCUT2D eigenvalue weighted by Gasteiger charge is 2.13. The third kappa shape index (κ3) is 5.20. The van der Waals surface area contributed by atoms with Crippen molar-refractivity contribution in [3.8, 4) is 0 Å². The Bertz CT molecular complexity index is 410. The minimum Gasteiger partial charge on any atom is -0.366 e. The Balaban J connectivity index is 2.54. The van der Waals surface area contributed by atoms with Crippen molar-refractivity contribution in [2.75, 3.05) is 11.9 Å². The van der Waals surface area contributed by atoms with Crippen molar-refractivity contribution >= 4 is 23.2 Å². The number of benzene rings is 1. The summed E-state index contributed by atoms with van der Waals surface area (Å²) in [5.74, 6) is -0.181. The molecule has 1 rings (SSSR count). The van der Waals surface area contributed by atoms with Gasteiger partial charge in [-0.3, -0.25) is 4.79 Å². The quantitative estimate of drug-likeness (QED) is 0.899. The van der Waals surface area contributed by atoms with Crippen LogP contribution in [0.5, 0.6) is 0 Å². The highest BCUT2D eigenvalue weighted by atomic mass is 35.5. The van der Waals surface area contributed by atoms with E-state index in [1.54, 1.807) is 6.07 Å². The van der Waals surface area contributed by atoms with Gasteiger partial charge < -0.3 is 10.1 Å². The second-order valence-electron chi connectivity index (χ2n) is 4.91. The van der Waals surface area contributed by atoms with Crippen molar-refractivity contribution in [3.05, 3.63) is 28.8 Å². The Morgan fingerprint density at radius 1 is 1.41 bits per heavy atom. The Labute approximate surface area is 107 Å². The summed E-state index contributed by atoms with van der Waals surface area (Å²) in [6, 6.07) is 5.41. The summed E-state index contributed by atoms with van der Waals surface area (Å²) in [6.45, 7) is 7.67. The zero-order valence-corrected chi connectivity index (χ0v) is 11.4. The van der Waals surface area contributed by atoms with Gasteiger partial charge in [-0.1, -0.05) is 17.7 Å².